The summed E-state index contributed by atoms with van der Waals surface area (Å²) in [5.74, 6) is 0.980. The number of carbonyl (C=O) groups is 4. The van der Waals surface area contributed by atoms with E-state index < -0.39 is 24.3 Å². The minimum Gasteiger partial charge on any atom is -0.465 e. The van der Waals surface area contributed by atoms with Crippen LogP contribution in [-0.2, 0) is 27.2 Å². The average molecular weight is 835 g/mol. The highest BCUT2D eigenvalue weighted by Gasteiger charge is 2.39. The van der Waals surface area contributed by atoms with E-state index in [-0.39, 0.29) is 30.3 Å². The SMILES string of the molecule is COC(=O)N[C@@H](Cc1ccccc1)C(=O)N1CCCC1c1ncc(-c2ccc(-c3ccc(-c4cnc([C@@H]5CCCN5C(=O)[C@H](Cc5ccccc5)N(C)C(=O)O)[nH]4)cc3)cc2)[nH]1. The van der Waals surface area contributed by atoms with Crippen LogP contribution in [0.2, 0.25) is 0 Å². The first-order chi connectivity index (χ1) is 30.2. The Labute approximate surface area is 360 Å². The molecular weight excluding hydrogens is 785 g/mol. The van der Waals surface area contributed by atoms with Gasteiger partial charge in [-0.2, -0.15) is 0 Å². The minimum absolute atomic E-state index is 0.175. The van der Waals surface area contributed by atoms with Crippen molar-refractivity contribution in [3.63, 3.8) is 0 Å². The molecular formula is C48H50N8O6. The smallest absolute Gasteiger partial charge is 0.407 e. The van der Waals surface area contributed by atoms with Crippen LogP contribution in [0.25, 0.3) is 33.6 Å². The number of methoxy groups -OCH3 is 1. The fraction of sp³-hybridized carbons (Fsp3) is 0.292. The van der Waals surface area contributed by atoms with Crippen LogP contribution in [0, 0.1) is 0 Å². The van der Waals surface area contributed by atoms with E-state index in [1.165, 1.54) is 14.2 Å². The number of rotatable bonds is 13. The molecule has 0 spiro atoms. The molecule has 4 atom stereocenters. The third-order valence-corrected chi connectivity index (χ3v) is 12.0. The van der Waals surface area contributed by atoms with Crippen molar-refractivity contribution < 1.29 is 29.0 Å². The molecule has 8 rings (SSSR count). The zero-order valence-electron chi connectivity index (χ0n) is 34.7. The van der Waals surface area contributed by atoms with Crippen molar-refractivity contribution in [3.05, 3.63) is 144 Å². The lowest BCUT2D eigenvalue weighted by Gasteiger charge is -2.32. The molecule has 14 nitrogen and oxygen atoms in total. The standard InChI is InChI=1S/C48H50N8O6/c1-54(48(60)61)42(28-32-13-7-4-8-14-32)46(58)56-26-10-16-41(56)44-50-30-39(52-44)36-23-19-34(20-24-36)33-17-21-35(22-18-33)38-29-49-43(51-38)40-15-9-25-55(40)45(57)37(53-47(59)62-2)27-31-11-5-3-6-12-31/h3-8,11-14,17-24,29-30,37,40-42H,9-10,15-16,25-28H2,1-2H3,(H,49,51)(H,50,52)(H,53,59)(H,60,61)/t37-,40?,41-,42-/m0/s1. The van der Waals surface area contributed by atoms with Gasteiger partial charge in [-0.1, -0.05) is 109 Å². The Balaban J connectivity index is 0.918. The first kappa shape index (κ1) is 41.5. The molecule has 2 aliphatic heterocycles. The molecule has 0 bridgehead atoms. The fourth-order valence-corrected chi connectivity index (χ4v) is 8.62. The zero-order valence-corrected chi connectivity index (χ0v) is 34.7. The predicted octanol–water partition coefficient (Wildman–Crippen LogP) is 7.65. The van der Waals surface area contributed by atoms with E-state index in [0.29, 0.717) is 31.2 Å². The number of alkyl carbamates (subject to hydrolysis) is 1. The third-order valence-electron chi connectivity index (χ3n) is 12.0. The van der Waals surface area contributed by atoms with Crippen molar-refractivity contribution in [1.82, 2.24) is 40.0 Å². The van der Waals surface area contributed by atoms with Crippen molar-refractivity contribution in [2.75, 3.05) is 27.2 Å². The molecule has 2 aromatic heterocycles. The van der Waals surface area contributed by atoms with Crippen LogP contribution in [0.4, 0.5) is 9.59 Å². The molecule has 1 unspecified atom stereocenters. The molecule has 4 aromatic carbocycles. The summed E-state index contributed by atoms with van der Waals surface area (Å²) in [6, 6.07) is 33.3. The summed E-state index contributed by atoms with van der Waals surface area (Å²) >= 11 is 0. The number of hydrogen-bond acceptors (Lipinski definition) is 7. The number of hydrogen-bond donors (Lipinski definition) is 4. The summed E-state index contributed by atoms with van der Waals surface area (Å²) in [6.07, 6.45) is 5.51. The maximum atomic E-state index is 14.0. The molecule has 0 saturated carbocycles. The number of likely N-dealkylation sites (N-methyl/N-ethyl adjacent to an activating group) is 1. The molecule has 2 aliphatic rings. The molecule has 2 fully saturated rings. The molecule has 14 heteroatoms. The first-order valence-corrected chi connectivity index (χ1v) is 21.0. The fourth-order valence-electron chi connectivity index (χ4n) is 8.62. The Morgan fingerprint density at radius 1 is 0.694 bits per heavy atom. The van der Waals surface area contributed by atoms with Crippen LogP contribution in [0.3, 0.4) is 0 Å². The van der Waals surface area contributed by atoms with Crippen LogP contribution in [0.5, 0.6) is 0 Å². The Morgan fingerprint density at radius 2 is 1.15 bits per heavy atom. The largest absolute Gasteiger partial charge is 0.465 e. The van der Waals surface area contributed by atoms with Crippen molar-refractivity contribution in [3.8, 4) is 33.6 Å². The summed E-state index contributed by atoms with van der Waals surface area (Å²) in [6.45, 7) is 1.09. The quantitative estimate of drug-likeness (QED) is 0.0917. The van der Waals surface area contributed by atoms with Crippen molar-refractivity contribution in [2.45, 2.75) is 62.7 Å². The predicted molar refractivity (Wildman–Crippen MR) is 234 cm³/mol. The summed E-state index contributed by atoms with van der Waals surface area (Å²) in [4.78, 5) is 73.1. The Bertz CT molecular complexity index is 2490. The topological polar surface area (TPSA) is 177 Å². The second-order valence-corrected chi connectivity index (χ2v) is 15.9. The van der Waals surface area contributed by atoms with Crippen molar-refractivity contribution in [2.24, 2.45) is 0 Å². The second-order valence-electron chi connectivity index (χ2n) is 15.9. The normalized spacial score (nSPS) is 17.1. The monoisotopic (exact) mass is 834 g/mol. The van der Waals surface area contributed by atoms with Gasteiger partial charge >= 0.3 is 12.2 Å². The number of ether oxygens (including phenoxy) is 1. The Morgan fingerprint density at radius 3 is 1.61 bits per heavy atom. The summed E-state index contributed by atoms with van der Waals surface area (Å²) in [5.41, 5.74) is 7.48. The number of amides is 4. The molecule has 62 heavy (non-hydrogen) atoms. The number of carbonyl (C=O) groups excluding carboxylic acids is 3. The zero-order chi connectivity index (χ0) is 43.2. The van der Waals surface area contributed by atoms with Gasteiger partial charge in [0.1, 0.15) is 23.7 Å². The molecule has 0 radical (unpaired) electrons. The van der Waals surface area contributed by atoms with E-state index in [0.717, 1.165) is 75.4 Å². The van der Waals surface area contributed by atoms with Gasteiger partial charge < -0.3 is 34.9 Å². The van der Waals surface area contributed by atoms with Crippen molar-refractivity contribution in [1.29, 1.82) is 0 Å². The highest BCUT2D eigenvalue weighted by molar-refractivity contribution is 5.87. The average Bonchev–Trinajstić information content (AvgIpc) is 4.16. The number of aromatic nitrogens is 4. The van der Waals surface area contributed by atoms with Gasteiger partial charge in [0, 0.05) is 33.0 Å². The van der Waals surface area contributed by atoms with Gasteiger partial charge in [0.2, 0.25) is 11.8 Å². The number of benzene rings is 4. The number of carboxylic acid groups (broad SMARTS) is 1. The van der Waals surface area contributed by atoms with Gasteiger partial charge in [-0.3, -0.25) is 14.5 Å². The van der Waals surface area contributed by atoms with Gasteiger partial charge in [0.25, 0.3) is 0 Å². The highest BCUT2D eigenvalue weighted by Crippen LogP contribution is 2.35. The number of imidazole rings is 2. The number of H-pyrrole nitrogens is 2. The van der Waals surface area contributed by atoms with Gasteiger partial charge in [-0.05, 0) is 59.1 Å². The maximum Gasteiger partial charge on any atom is 0.407 e. The number of nitrogens with one attached hydrogen (secondary N) is 3. The summed E-state index contributed by atoms with van der Waals surface area (Å²) < 4.78 is 4.84. The lowest BCUT2D eigenvalue weighted by atomic mass is 10.0. The van der Waals surface area contributed by atoms with Crippen LogP contribution < -0.4 is 5.32 Å². The minimum atomic E-state index is -1.15. The number of likely N-dealkylation sites (tertiary alicyclic amines) is 2. The second kappa shape index (κ2) is 18.6. The molecule has 6 aromatic rings. The van der Waals surface area contributed by atoms with Gasteiger partial charge in [-0.25, -0.2) is 19.6 Å². The van der Waals surface area contributed by atoms with Crippen LogP contribution in [0.1, 0.15) is 60.5 Å². The summed E-state index contributed by atoms with van der Waals surface area (Å²) in [5, 5.41) is 12.6. The molecule has 4 N–H and O–H groups in total. The highest BCUT2D eigenvalue weighted by atomic mass is 16.5. The van der Waals surface area contributed by atoms with E-state index in [1.54, 1.807) is 22.2 Å². The summed E-state index contributed by atoms with van der Waals surface area (Å²) in [7, 11) is 2.74. The van der Waals surface area contributed by atoms with E-state index in [1.807, 2.05) is 84.9 Å². The molecule has 0 aliphatic carbocycles. The lowest BCUT2D eigenvalue weighted by Crippen LogP contribution is -2.50. The van der Waals surface area contributed by atoms with Crippen LogP contribution in [-0.4, -0.2) is 103 Å². The van der Waals surface area contributed by atoms with Crippen molar-refractivity contribution >= 4 is 24.0 Å². The van der Waals surface area contributed by atoms with Crippen LogP contribution >= 0.6 is 0 Å². The molecule has 2 saturated heterocycles. The third kappa shape index (κ3) is 9.09. The van der Waals surface area contributed by atoms with E-state index in [9.17, 15) is 24.3 Å². The Hall–Kier alpha value is -7.22. The van der Waals surface area contributed by atoms with E-state index >= 15 is 0 Å². The van der Waals surface area contributed by atoms with Crippen LogP contribution in [0.15, 0.2) is 122 Å². The lowest BCUT2D eigenvalue weighted by molar-refractivity contribution is -0.137. The first-order valence-electron chi connectivity index (χ1n) is 21.0. The Kier molecular flexibility index (Phi) is 12.4. The van der Waals surface area contributed by atoms with E-state index in [2.05, 4.69) is 39.6 Å². The number of nitrogens with zero attached hydrogens (tertiary/aromatic N) is 5. The number of aromatic amines is 2. The van der Waals surface area contributed by atoms with Gasteiger partial charge in [-0.15, -0.1) is 0 Å². The van der Waals surface area contributed by atoms with Gasteiger partial charge in [0.05, 0.1) is 43.0 Å². The maximum absolute atomic E-state index is 14.0. The molecule has 4 amide bonds. The molecule has 318 valence electrons. The van der Waals surface area contributed by atoms with E-state index in [4.69, 9.17) is 14.7 Å². The van der Waals surface area contributed by atoms with Gasteiger partial charge in [0.15, 0.2) is 0 Å². The molecule has 4 heterocycles.